The Labute approximate surface area is 157 Å². The monoisotopic (exact) mass is 369 g/mol. The summed E-state index contributed by atoms with van der Waals surface area (Å²) in [7, 11) is 0. The van der Waals surface area contributed by atoms with Gasteiger partial charge in [0.2, 0.25) is 5.91 Å². The molecule has 2 amide bonds. The molecule has 2 aliphatic rings. The second-order valence-electron chi connectivity index (χ2n) is 7.13. The summed E-state index contributed by atoms with van der Waals surface area (Å²) in [6.45, 7) is 4.45. The topological polar surface area (TPSA) is 74.1 Å². The quantitative estimate of drug-likeness (QED) is 0.812. The highest BCUT2D eigenvalue weighted by Gasteiger charge is 2.27. The van der Waals surface area contributed by atoms with Crippen molar-refractivity contribution < 1.29 is 14.0 Å². The number of rotatable bonds is 3. The summed E-state index contributed by atoms with van der Waals surface area (Å²) in [6, 6.07) is 8.19. The minimum absolute atomic E-state index is 0.0697. The Morgan fingerprint density at radius 2 is 1.63 bits per heavy atom. The molecule has 1 aromatic carbocycles. The smallest absolute Gasteiger partial charge is 0.289 e. The van der Waals surface area contributed by atoms with Gasteiger partial charge in [-0.1, -0.05) is 12.1 Å². The highest BCUT2D eigenvalue weighted by atomic mass is 16.3. The predicted molar refractivity (Wildman–Crippen MR) is 101 cm³/mol. The molecule has 0 saturated carbocycles. The zero-order valence-corrected chi connectivity index (χ0v) is 15.2. The molecule has 0 unspecified atom stereocenters. The number of piperazine rings is 1. The van der Waals surface area contributed by atoms with Gasteiger partial charge in [-0.2, -0.15) is 0 Å². The lowest BCUT2D eigenvalue weighted by Gasteiger charge is -2.34. The van der Waals surface area contributed by atoms with Crippen molar-refractivity contribution in [2.75, 3.05) is 45.8 Å². The Bertz CT molecular complexity index is 909. The number of benzene rings is 1. The van der Waals surface area contributed by atoms with Crippen LogP contribution in [0.15, 0.2) is 39.5 Å². The number of nitrogens with zero attached hydrogens (tertiary/aromatic N) is 3. The van der Waals surface area contributed by atoms with Gasteiger partial charge in [0.25, 0.3) is 5.91 Å². The normalized spacial score (nSPS) is 18.2. The first-order valence-electron chi connectivity index (χ1n) is 9.44. The van der Waals surface area contributed by atoms with E-state index in [4.69, 9.17) is 4.42 Å². The summed E-state index contributed by atoms with van der Waals surface area (Å²) < 4.78 is 5.65. The van der Waals surface area contributed by atoms with Gasteiger partial charge in [0.1, 0.15) is 5.58 Å². The van der Waals surface area contributed by atoms with E-state index in [2.05, 4.69) is 4.90 Å². The van der Waals surface area contributed by atoms with Crippen molar-refractivity contribution in [3.8, 4) is 0 Å². The Hall–Kier alpha value is -2.67. The minimum Gasteiger partial charge on any atom is -0.451 e. The summed E-state index contributed by atoms with van der Waals surface area (Å²) in [6.07, 6.45) is 2.18. The molecule has 4 rings (SSSR count). The van der Waals surface area contributed by atoms with Crippen molar-refractivity contribution in [2.45, 2.75) is 12.8 Å². The molecule has 7 heteroatoms. The summed E-state index contributed by atoms with van der Waals surface area (Å²) in [5.74, 6) is -0.0310. The molecule has 27 heavy (non-hydrogen) atoms. The highest BCUT2D eigenvalue weighted by molar-refractivity contribution is 5.93. The van der Waals surface area contributed by atoms with Gasteiger partial charge in [-0.3, -0.25) is 19.3 Å². The molecule has 0 aliphatic carbocycles. The van der Waals surface area contributed by atoms with Crippen LogP contribution in [-0.2, 0) is 4.79 Å². The van der Waals surface area contributed by atoms with Crippen LogP contribution < -0.4 is 5.43 Å². The Morgan fingerprint density at radius 1 is 0.926 bits per heavy atom. The van der Waals surface area contributed by atoms with Crippen molar-refractivity contribution in [2.24, 2.45) is 0 Å². The van der Waals surface area contributed by atoms with E-state index in [0.717, 1.165) is 25.9 Å². The molecule has 0 bridgehead atoms. The lowest BCUT2D eigenvalue weighted by Crippen LogP contribution is -2.51. The lowest BCUT2D eigenvalue weighted by molar-refractivity contribution is -0.131. The molecule has 0 spiro atoms. The van der Waals surface area contributed by atoms with Crippen molar-refractivity contribution >= 4 is 22.8 Å². The summed E-state index contributed by atoms with van der Waals surface area (Å²) >= 11 is 0. The first-order valence-corrected chi connectivity index (χ1v) is 9.44. The summed E-state index contributed by atoms with van der Waals surface area (Å²) in [4.78, 5) is 42.9. The first kappa shape index (κ1) is 17.7. The van der Waals surface area contributed by atoms with Gasteiger partial charge in [0.15, 0.2) is 11.2 Å². The average Bonchev–Trinajstić information content (AvgIpc) is 3.23. The molecule has 0 N–H and O–H groups in total. The van der Waals surface area contributed by atoms with E-state index >= 15 is 0 Å². The number of hydrogen-bond donors (Lipinski definition) is 0. The van der Waals surface area contributed by atoms with Crippen LogP contribution in [0.2, 0.25) is 0 Å². The second kappa shape index (κ2) is 7.52. The van der Waals surface area contributed by atoms with Crippen molar-refractivity contribution in [1.29, 1.82) is 0 Å². The van der Waals surface area contributed by atoms with Crippen molar-refractivity contribution in [3.63, 3.8) is 0 Å². The molecule has 2 aliphatic heterocycles. The van der Waals surface area contributed by atoms with Crippen LogP contribution in [0.3, 0.4) is 0 Å². The van der Waals surface area contributed by atoms with Gasteiger partial charge in [0, 0.05) is 45.3 Å². The van der Waals surface area contributed by atoms with Crippen LogP contribution >= 0.6 is 0 Å². The van der Waals surface area contributed by atoms with E-state index in [0.29, 0.717) is 43.7 Å². The summed E-state index contributed by atoms with van der Waals surface area (Å²) in [5.41, 5.74) is 0.207. The van der Waals surface area contributed by atoms with Gasteiger partial charge >= 0.3 is 0 Å². The zero-order chi connectivity index (χ0) is 18.8. The zero-order valence-electron chi connectivity index (χ0n) is 15.2. The number of hydrogen-bond acceptors (Lipinski definition) is 5. The number of amides is 2. The fourth-order valence-corrected chi connectivity index (χ4v) is 3.73. The van der Waals surface area contributed by atoms with Crippen LogP contribution in [0.5, 0.6) is 0 Å². The third-order valence-corrected chi connectivity index (χ3v) is 5.32. The molecule has 7 nitrogen and oxygen atoms in total. The Balaban J connectivity index is 1.38. The molecule has 1 aromatic heterocycles. The molecular formula is C20H23N3O4. The van der Waals surface area contributed by atoms with E-state index in [9.17, 15) is 14.4 Å². The fourth-order valence-electron chi connectivity index (χ4n) is 3.73. The van der Waals surface area contributed by atoms with Gasteiger partial charge in [-0.25, -0.2) is 0 Å². The van der Waals surface area contributed by atoms with Gasteiger partial charge in [0.05, 0.1) is 11.9 Å². The molecule has 2 fully saturated rings. The SMILES string of the molecule is O=C(CN1CCN(C(=O)c2cc(=O)c3ccccc3o2)CC1)N1CCCC1. The van der Waals surface area contributed by atoms with E-state index in [-0.39, 0.29) is 23.0 Å². The maximum atomic E-state index is 12.7. The fraction of sp³-hybridized carbons (Fsp3) is 0.450. The maximum absolute atomic E-state index is 12.7. The lowest BCUT2D eigenvalue weighted by atomic mass is 10.2. The van der Waals surface area contributed by atoms with E-state index in [1.807, 2.05) is 4.90 Å². The number of fused-ring (bicyclic) bond motifs is 1. The molecular weight excluding hydrogens is 346 g/mol. The largest absolute Gasteiger partial charge is 0.451 e. The van der Waals surface area contributed by atoms with E-state index in [1.54, 1.807) is 29.2 Å². The molecule has 0 atom stereocenters. The third kappa shape index (κ3) is 3.73. The minimum atomic E-state index is -0.275. The third-order valence-electron chi connectivity index (χ3n) is 5.32. The standard InChI is InChI=1S/C20H23N3O4/c24-16-13-18(27-17-6-2-1-5-15(16)17)20(26)23-11-9-21(10-12-23)14-19(25)22-7-3-4-8-22/h1-2,5-6,13H,3-4,7-12,14H2. The van der Waals surface area contributed by atoms with Crippen LogP contribution in [0.25, 0.3) is 11.0 Å². The molecule has 142 valence electrons. The number of carbonyl (C=O) groups excluding carboxylic acids is 2. The van der Waals surface area contributed by atoms with Gasteiger partial charge < -0.3 is 14.2 Å². The van der Waals surface area contributed by atoms with Crippen LogP contribution in [0.1, 0.15) is 23.4 Å². The summed E-state index contributed by atoms with van der Waals surface area (Å²) in [5, 5.41) is 0.472. The van der Waals surface area contributed by atoms with Gasteiger partial charge in [-0.15, -0.1) is 0 Å². The molecule has 2 saturated heterocycles. The highest BCUT2D eigenvalue weighted by Crippen LogP contribution is 2.15. The number of para-hydroxylation sites is 1. The van der Waals surface area contributed by atoms with Crippen LogP contribution in [-0.4, -0.2) is 72.3 Å². The molecule has 0 radical (unpaired) electrons. The maximum Gasteiger partial charge on any atom is 0.289 e. The van der Waals surface area contributed by atoms with Crippen molar-refractivity contribution in [1.82, 2.24) is 14.7 Å². The number of likely N-dealkylation sites (tertiary alicyclic amines) is 1. The molecule has 2 aromatic rings. The number of carbonyl (C=O) groups is 2. The first-order chi connectivity index (χ1) is 13.1. The van der Waals surface area contributed by atoms with Crippen LogP contribution in [0.4, 0.5) is 0 Å². The van der Waals surface area contributed by atoms with Crippen molar-refractivity contribution in [3.05, 3.63) is 46.3 Å². The second-order valence-corrected chi connectivity index (χ2v) is 7.13. The Kier molecular flexibility index (Phi) is 4.94. The Morgan fingerprint density at radius 3 is 2.37 bits per heavy atom. The van der Waals surface area contributed by atoms with E-state index in [1.165, 1.54) is 6.07 Å². The average molecular weight is 369 g/mol. The van der Waals surface area contributed by atoms with Gasteiger partial charge in [-0.05, 0) is 25.0 Å². The van der Waals surface area contributed by atoms with Crippen LogP contribution in [0, 0.1) is 0 Å². The molecule has 3 heterocycles. The predicted octanol–water partition coefficient (Wildman–Crippen LogP) is 1.17. The van der Waals surface area contributed by atoms with E-state index < -0.39 is 0 Å².